The highest BCUT2D eigenvalue weighted by atomic mass is 32.2. The Morgan fingerprint density at radius 1 is 1.05 bits per heavy atom. The maximum absolute atomic E-state index is 13.8. The van der Waals surface area contributed by atoms with Crippen LogP contribution in [0, 0.1) is 5.41 Å². The SMILES string of the molecule is COCCN(C)S(=O)(=O)c1ccc(C(C)NC(=O)CC(=O)Nc2ccc(C(=N)N)cc2)cc1C(F)(F)F.O=C(O)C(F)(F)F. The number of alkyl halides is 6. The molecular weight excluding hydrogens is 628 g/mol. The predicted molar refractivity (Wildman–Crippen MR) is 144 cm³/mol. The maximum atomic E-state index is 13.8. The summed E-state index contributed by atoms with van der Waals surface area (Å²) in [5.74, 6) is -4.33. The van der Waals surface area contributed by atoms with Crippen LogP contribution in [0.5, 0.6) is 0 Å². The Hall–Kier alpha value is -4.23. The molecule has 0 bridgehead atoms. The van der Waals surface area contributed by atoms with Crippen LogP contribution < -0.4 is 16.4 Å². The lowest BCUT2D eigenvalue weighted by atomic mass is 10.0. The maximum Gasteiger partial charge on any atom is 0.490 e. The molecular formula is C25H29F6N5O7S. The number of ether oxygens (including phenoxy) is 1. The van der Waals surface area contributed by atoms with Crippen LogP contribution in [-0.4, -0.2) is 74.9 Å². The monoisotopic (exact) mass is 657 g/mol. The van der Waals surface area contributed by atoms with Crippen molar-refractivity contribution in [1.82, 2.24) is 9.62 Å². The molecule has 2 aromatic carbocycles. The zero-order valence-electron chi connectivity index (χ0n) is 23.3. The average molecular weight is 658 g/mol. The highest BCUT2D eigenvalue weighted by Gasteiger charge is 2.39. The molecule has 0 saturated heterocycles. The minimum Gasteiger partial charge on any atom is -0.475 e. The lowest BCUT2D eigenvalue weighted by Gasteiger charge is -2.22. The molecule has 0 radical (unpaired) electrons. The zero-order valence-corrected chi connectivity index (χ0v) is 24.2. The second kappa shape index (κ2) is 15.5. The number of nitrogens with two attached hydrogens (primary N) is 1. The number of halogens is 6. The van der Waals surface area contributed by atoms with E-state index in [-0.39, 0.29) is 24.6 Å². The van der Waals surface area contributed by atoms with Crippen molar-refractivity contribution in [3.8, 4) is 0 Å². The van der Waals surface area contributed by atoms with E-state index in [9.17, 15) is 44.3 Å². The molecule has 1 unspecified atom stereocenters. The number of nitrogens with one attached hydrogen (secondary N) is 3. The third-order valence-electron chi connectivity index (χ3n) is 5.53. The number of amidine groups is 1. The van der Waals surface area contributed by atoms with Crippen LogP contribution in [0.2, 0.25) is 0 Å². The number of hydrogen-bond acceptors (Lipinski definition) is 7. The summed E-state index contributed by atoms with van der Waals surface area (Å²) in [6.07, 6.45) is -10.7. The van der Waals surface area contributed by atoms with E-state index in [2.05, 4.69) is 10.6 Å². The molecule has 12 nitrogen and oxygen atoms in total. The van der Waals surface area contributed by atoms with Crippen LogP contribution in [0.15, 0.2) is 47.4 Å². The van der Waals surface area contributed by atoms with Crippen molar-refractivity contribution in [1.29, 1.82) is 5.41 Å². The molecule has 19 heteroatoms. The molecule has 2 rings (SSSR count). The van der Waals surface area contributed by atoms with Gasteiger partial charge in [-0.3, -0.25) is 15.0 Å². The normalized spacial score (nSPS) is 12.5. The number of benzene rings is 2. The van der Waals surface area contributed by atoms with Crippen LogP contribution in [0.25, 0.3) is 0 Å². The number of sulfonamides is 1. The number of amides is 2. The van der Waals surface area contributed by atoms with Crippen molar-refractivity contribution >= 4 is 39.3 Å². The van der Waals surface area contributed by atoms with Crippen LogP contribution in [0.1, 0.15) is 36.1 Å². The fourth-order valence-electron chi connectivity index (χ4n) is 3.23. The number of carboxylic acids is 1. The number of carboxylic acid groups (broad SMARTS) is 1. The number of carbonyl (C=O) groups excluding carboxylic acids is 2. The van der Waals surface area contributed by atoms with Crippen LogP contribution in [0.3, 0.4) is 0 Å². The molecule has 0 aliphatic rings. The summed E-state index contributed by atoms with van der Waals surface area (Å²) in [6, 6.07) is 7.74. The second-order valence-electron chi connectivity index (χ2n) is 8.88. The number of anilines is 1. The molecule has 244 valence electrons. The summed E-state index contributed by atoms with van der Waals surface area (Å²) in [5, 5.41) is 19.4. The first-order chi connectivity index (χ1) is 20.1. The third-order valence-corrected chi connectivity index (χ3v) is 7.44. The van der Waals surface area contributed by atoms with E-state index in [1.807, 2.05) is 0 Å². The number of likely N-dealkylation sites (N-methyl/N-ethyl adjacent to an activating group) is 1. The summed E-state index contributed by atoms with van der Waals surface area (Å²) < 4.78 is 104. The number of nitrogen functional groups attached to an aromatic ring is 1. The van der Waals surface area contributed by atoms with Crippen LogP contribution >= 0.6 is 0 Å². The first-order valence-corrected chi connectivity index (χ1v) is 13.6. The van der Waals surface area contributed by atoms with E-state index in [1.165, 1.54) is 44.4 Å². The molecule has 0 heterocycles. The average Bonchev–Trinajstić information content (AvgIpc) is 2.90. The van der Waals surface area contributed by atoms with Crippen LogP contribution in [0.4, 0.5) is 32.0 Å². The molecule has 0 fully saturated rings. The summed E-state index contributed by atoms with van der Waals surface area (Å²) in [6.45, 7) is 1.26. The molecule has 1 atom stereocenters. The highest BCUT2D eigenvalue weighted by Crippen LogP contribution is 2.36. The quantitative estimate of drug-likeness (QED) is 0.105. The van der Waals surface area contributed by atoms with E-state index in [0.29, 0.717) is 17.3 Å². The van der Waals surface area contributed by atoms with Gasteiger partial charge in [-0.05, 0) is 48.9 Å². The van der Waals surface area contributed by atoms with Gasteiger partial charge in [-0.2, -0.15) is 30.6 Å². The standard InChI is InChI=1S/C23H28F3N5O5S.C2HF3O2/c1-14(29-20(32)13-21(33)30-17-7-4-15(5-8-17)22(27)28)16-6-9-19(18(12-16)23(24,25)26)37(34,35)31(2)10-11-36-3;3-2(4,5)1(6)7/h4-9,12,14H,10-11,13H2,1-3H3,(H3,27,28)(H,29,32)(H,30,33);(H,6,7). The summed E-state index contributed by atoms with van der Waals surface area (Å²) >= 11 is 0. The molecule has 2 aromatic rings. The van der Waals surface area contributed by atoms with Crippen LogP contribution in [-0.2, 0) is 35.3 Å². The van der Waals surface area contributed by atoms with E-state index < -0.39 is 63.1 Å². The van der Waals surface area contributed by atoms with Gasteiger partial charge >= 0.3 is 18.3 Å². The van der Waals surface area contributed by atoms with Crippen molar-refractivity contribution in [2.24, 2.45) is 5.73 Å². The largest absolute Gasteiger partial charge is 0.490 e. The zero-order chi connectivity index (χ0) is 34.0. The lowest BCUT2D eigenvalue weighted by Crippen LogP contribution is -2.32. The number of rotatable bonds is 11. The Bertz CT molecular complexity index is 1450. The van der Waals surface area contributed by atoms with Gasteiger partial charge in [0.25, 0.3) is 0 Å². The van der Waals surface area contributed by atoms with Gasteiger partial charge in [-0.25, -0.2) is 13.2 Å². The first kappa shape index (κ1) is 37.8. The van der Waals surface area contributed by atoms with Gasteiger partial charge in [0.1, 0.15) is 12.3 Å². The van der Waals surface area contributed by atoms with E-state index >= 15 is 0 Å². The molecule has 2 amide bonds. The van der Waals surface area contributed by atoms with Gasteiger partial charge in [-0.1, -0.05) is 6.07 Å². The Labute approximate surface area is 247 Å². The van der Waals surface area contributed by atoms with Gasteiger partial charge in [0.15, 0.2) is 0 Å². The molecule has 0 aliphatic heterocycles. The number of carbonyl (C=O) groups is 3. The van der Waals surface area contributed by atoms with Crippen molar-refractivity contribution < 1.29 is 59.0 Å². The Balaban J connectivity index is 0.00000123. The molecule has 0 aromatic heterocycles. The van der Waals surface area contributed by atoms with Gasteiger partial charge in [0.2, 0.25) is 21.8 Å². The number of nitrogens with zero attached hydrogens (tertiary/aromatic N) is 1. The van der Waals surface area contributed by atoms with Crippen molar-refractivity contribution in [3.63, 3.8) is 0 Å². The summed E-state index contributed by atoms with van der Waals surface area (Å²) in [4.78, 5) is 32.5. The molecule has 0 saturated carbocycles. The minimum absolute atomic E-state index is 0.000556. The van der Waals surface area contributed by atoms with Gasteiger partial charge in [0.05, 0.1) is 23.1 Å². The van der Waals surface area contributed by atoms with Gasteiger partial charge < -0.3 is 26.2 Å². The number of hydrogen-bond donors (Lipinski definition) is 5. The van der Waals surface area contributed by atoms with E-state index in [1.54, 1.807) is 0 Å². The predicted octanol–water partition coefficient (Wildman–Crippen LogP) is 3.10. The summed E-state index contributed by atoms with van der Waals surface area (Å²) in [5.41, 5.74) is 4.80. The Kier molecular flexibility index (Phi) is 13.3. The van der Waals surface area contributed by atoms with Crippen molar-refractivity contribution in [3.05, 3.63) is 59.2 Å². The minimum atomic E-state index is -5.08. The highest BCUT2D eigenvalue weighted by molar-refractivity contribution is 7.89. The topological polar surface area (TPSA) is 192 Å². The fraction of sp³-hybridized carbons (Fsp3) is 0.360. The molecule has 44 heavy (non-hydrogen) atoms. The van der Waals surface area contributed by atoms with Gasteiger partial charge in [-0.15, -0.1) is 0 Å². The Morgan fingerprint density at radius 3 is 2.05 bits per heavy atom. The lowest BCUT2D eigenvalue weighted by molar-refractivity contribution is -0.192. The van der Waals surface area contributed by atoms with Gasteiger partial charge in [0, 0.05) is 32.0 Å². The second-order valence-corrected chi connectivity index (χ2v) is 10.9. The molecule has 0 aliphatic carbocycles. The Morgan fingerprint density at radius 2 is 1.59 bits per heavy atom. The molecule has 0 spiro atoms. The smallest absolute Gasteiger partial charge is 0.475 e. The number of methoxy groups -OCH3 is 1. The third kappa shape index (κ3) is 11.5. The first-order valence-electron chi connectivity index (χ1n) is 12.1. The van der Waals surface area contributed by atoms with E-state index in [4.69, 9.17) is 25.8 Å². The van der Waals surface area contributed by atoms with Crippen molar-refractivity contribution in [2.75, 3.05) is 32.6 Å². The number of aliphatic carboxylic acids is 1. The van der Waals surface area contributed by atoms with E-state index in [0.717, 1.165) is 17.4 Å². The fourth-order valence-corrected chi connectivity index (χ4v) is 4.57. The summed E-state index contributed by atoms with van der Waals surface area (Å²) in [7, 11) is -1.99. The van der Waals surface area contributed by atoms with Crippen molar-refractivity contribution in [2.45, 2.75) is 36.6 Å². The molecule has 6 N–H and O–H groups in total.